The van der Waals surface area contributed by atoms with Crippen molar-refractivity contribution in [2.75, 3.05) is 13.1 Å². The van der Waals surface area contributed by atoms with Crippen LogP contribution in [0.2, 0.25) is 0 Å². The van der Waals surface area contributed by atoms with Crippen LogP contribution in [0.5, 0.6) is 5.75 Å². The minimum Gasteiger partial charge on any atom is -0.489 e. The number of nitrogens with one attached hydrogen (secondary N) is 1. The number of ether oxygens (including phenoxy) is 1. The molecule has 5 heteroatoms. The van der Waals surface area contributed by atoms with E-state index in [1.807, 2.05) is 48.5 Å². The summed E-state index contributed by atoms with van der Waals surface area (Å²) >= 11 is 0. The van der Waals surface area contributed by atoms with Crippen molar-refractivity contribution in [2.45, 2.75) is 18.9 Å². The Kier molecular flexibility index (Phi) is 4.10. The lowest BCUT2D eigenvalue weighted by atomic mass is 10.0. The Morgan fingerprint density at radius 2 is 2.00 bits per heavy atom. The third-order valence-electron chi connectivity index (χ3n) is 5.48. The number of benzene rings is 2. The van der Waals surface area contributed by atoms with Crippen LogP contribution in [0.15, 0.2) is 54.6 Å². The van der Waals surface area contributed by atoms with Crippen molar-refractivity contribution in [1.82, 2.24) is 10.3 Å². The van der Waals surface area contributed by atoms with Crippen molar-refractivity contribution < 1.29 is 9.53 Å². The molecule has 2 aliphatic rings. The van der Waals surface area contributed by atoms with E-state index in [4.69, 9.17) is 15.5 Å². The van der Waals surface area contributed by atoms with Gasteiger partial charge in [0.25, 0.3) is 0 Å². The van der Waals surface area contributed by atoms with E-state index in [0.29, 0.717) is 12.0 Å². The third-order valence-corrected chi connectivity index (χ3v) is 5.48. The molecule has 140 valence electrons. The van der Waals surface area contributed by atoms with E-state index in [1.165, 1.54) is 0 Å². The van der Waals surface area contributed by atoms with Gasteiger partial charge in [-0.2, -0.15) is 0 Å². The highest BCUT2D eigenvalue weighted by Crippen LogP contribution is 2.40. The minimum absolute atomic E-state index is 0.214. The maximum Gasteiger partial charge on any atom is 0.249 e. The zero-order valence-corrected chi connectivity index (χ0v) is 15.4. The van der Waals surface area contributed by atoms with Gasteiger partial charge in [-0.25, -0.2) is 4.98 Å². The maximum atomic E-state index is 12.2. The molecule has 5 rings (SSSR count). The van der Waals surface area contributed by atoms with Crippen molar-refractivity contribution in [3.05, 3.63) is 71.3 Å². The predicted octanol–water partition coefficient (Wildman–Crippen LogP) is 3.16. The lowest BCUT2D eigenvalue weighted by Crippen LogP contribution is -2.19. The molecule has 2 aromatic carbocycles. The number of nitrogens with two attached hydrogens (primary N) is 1. The Balaban J connectivity index is 1.56. The molecule has 1 aromatic heterocycles. The van der Waals surface area contributed by atoms with Crippen LogP contribution in [0.1, 0.15) is 27.9 Å². The van der Waals surface area contributed by atoms with Gasteiger partial charge >= 0.3 is 0 Å². The lowest BCUT2D eigenvalue weighted by molar-refractivity contribution is 0.0999. The molecule has 1 fully saturated rings. The van der Waals surface area contributed by atoms with Gasteiger partial charge < -0.3 is 15.8 Å². The summed E-state index contributed by atoms with van der Waals surface area (Å²) < 4.78 is 6.10. The molecule has 5 nitrogen and oxygen atoms in total. The second kappa shape index (κ2) is 6.77. The van der Waals surface area contributed by atoms with Crippen molar-refractivity contribution in [1.29, 1.82) is 0 Å². The number of aromatic nitrogens is 1. The molecule has 1 amide bonds. The molecule has 28 heavy (non-hydrogen) atoms. The van der Waals surface area contributed by atoms with E-state index in [2.05, 4.69) is 11.4 Å². The molecule has 3 N–H and O–H groups in total. The molecular weight excluding hydrogens is 350 g/mol. The first-order valence-corrected chi connectivity index (χ1v) is 9.59. The van der Waals surface area contributed by atoms with E-state index in [-0.39, 0.29) is 6.10 Å². The van der Waals surface area contributed by atoms with Crippen molar-refractivity contribution >= 4 is 5.91 Å². The normalized spacial score (nSPS) is 17.2. The zero-order chi connectivity index (χ0) is 19.1. The summed E-state index contributed by atoms with van der Waals surface area (Å²) in [6.45, 7) is 1.88. The fraction of sp³-hybridized carbons (Fsp3) is 0.217. The molecular formula is C23H21N3O2. The fourth-order valence-electron chi connectivity index (χ4n) is 4.08. The standard InChI is InChI=1S/C23H21N3O2/c24-23(27)20-12-21(14-4-2-1-3-5-14)26-22-18-7-6-16(10-15(18)11-19(20)22)28-17-8-9-25-13-17/h1-7,10,12,17,25H,8-9,11,13H2,(H2,24,27)/t17-/m1/s1. The number of pyridine rings is 1. The fourth-order valence-corrected chi connectivity index (χ4v) is 4.08. The van der Waals surface area contributed by atoms with Crippen molar-refractivity contribution in [3.63, 3.8) is 0 Å². The second-order valence-corrected chi connectivity index (χ2v) is 7.34. The Labute approximate surface area is 163 Å². The molecule has 0 radical (unpaired) electrons. The first kappa shape index (κ1) is 17.0. The van der Waals surface area contributed by atoms with Crippen LogP contribution < -0.4 is 15.8 Å². The van der Waals surface area contributed by atoms with Crippen LogP contribution in [-0.4, -0.2) is 30.1 Å². The SMILES string of the molecule is NC(=O)c1cc(-c2ccccc2)nc2c1Cc1cc(O[C@@H]3CCNC3)ccc1-2. The van der Waals surface area contributed by atoms with Crippen LogP contribution in [0.25, 0.3) is 22.5 Å². The lowest BCUT2D eigenvalue weighted by Gasteiger charge is -2.13. The van der Waals surface area contributed by atoms with Crippen LogP contribution in [0.4, 0.5) is 0 Å². The largest absolute Gasteiger partial charge is 0.489 e. The summed E-state index contributed by atoms with van der Waals surface area (Å²) in [5.74, 6) is 0.446. The van der Waals surface area contributed by atoms with Crippen LogP contribution in [0.3, 0.4) is 0 Å². The highest BCUT2D eigenvalue weighted by Gasteiger charge is 2.27. The first-order chi connectivity index (χ1) is 13.7. The maximum absolute atomic E-state index is 12.2. The zero-order valence-electron chi connectivity index (χ0n) is 15.4. The number of amides is 1. The van der Waals surface area contributed by atoms with Gasteiger partial charge in [0.1, 0.15) is 11.9 Å². The van der Waals surface area contributed by atoms with Gasteiger partial charge in [-0.3, -0.25) is 4.79 Å². The van der Waals surface area contributed by atoms with Gasteiger partial charge in [-0.05, 0) is 48.4 Å². The van der Waals surface area contributed by atoms with Gasteiger partial charge in [0, 0.05) is 29.7 Å². The summed E-state index contributed by atoms with van der Waals surface area (Å²) in [6, 6.07) is 17.8. The Bertz CT molecular complexity index is 1060. The van der Waals surface area contributed by atoms with Crippen molar-refractivity contribution in [3.8, 4) is 28.3 Å². The van der Waals surface area contributed by atoms with E-state index in [9.17, 15) is 4.79 Å². The van der Waals surface area contributed by atoms with Crippen LogP contribution in [0, 0.1) is 0 Å². The Hall–Kier alpha value is -3.18. The molecule has 0 saturated carbocycles. The molecule has 1 aliphatic carbocycles. The van der Waals surface area contributed by atoms with E-state index >= 15 is 0 Å². The number of primary amides is 1. The van der Waals surface area contributed by atoms with Gasteiger partial charge in [-0.1, -0.05) is 30.3 Å². The van der Waals surface area contributed by atoms with E-state index in [0.717, 1.165) is 58.9 Å². The molecule has 1 aliphatic heterocycles. The smallest absolute Gasteiger partial charge is 0.249 e. The minimum atomic E-state index is -0.419. The number of carbonyl (C=O) groups is 1. The molecule has 0 unspecified atom stereocenters. The van der Waals surface area contributed by atoms with Gasteiger partial charge in [0.15, 0.2) is 0 Å². The summed E-state index contributed by atoms with van der Waals surface area (Å²) in [6.07, 6.45) is 1.88. The monoisotopic (exact) mass is 371 g/mol. The van der Waals surface area contributed by atoms with E-state index in [1.54, 1.807) is 0 Å². The number of hydrogen-bond acceptors (Lipinski definition) is 4. The van der Waals surface area contributed by atoms with Crippen LogP contribution >= 0.6 is 0 Å². The average molecular weight is 371 g/mol. The van der Waals surface area contributed by atoms with E-state index < -0.39 is 5.91 Å². The highest BCUT2D eigenvalue weighted by molar-refractivity contribution is 5.98. The number of nitrogens with zero attached hydrogens (tertiary/aromatic N) is 1. The summed E-state index contributed by atoms with van der Waals surface area (Å²) in [5, 5.41) is 3.31. The molecule has 3 aromatic rings. The van der Waals surface area contributed by atoms with Gasteiger partial charge in [-0.15, -0.1) is 0 Å². The highest BCUT2D eigenvalue weighted by atomic mass is 16.5. The second-order valence-electron chi connectivity index (χ2n) is 7.34. The third kappa shape index (κ3) is 2.94. The molecule has 1 saturated heterocycles. The van der Waals surface area contributed by atoms with Crippen molar-refractivity contribution in [2.24, 2.45) is 5.73 Å². The Morgan fingerprint density at radius 3 is 2.75 bits per heavy atom. The molecule has 0 spiro atoms. The first-order valence-electron chi connectivity index (χ1n) is 9.59. The summed E-state index contributed by atoms with van der Waals surface area (Å²) in [4.78, 5) is 17.0. The average Bonchev–Trinajstić information content (AvgIpc) is 3.35. The van der Waals surface area contributed by atoms with Crippen LogP contribution in [-0.2, 0) is 6.42 Å². The molecule has 1 atom stereocenters. The number of fused-ring (bicyclic) bond motifs is 3. The molecule has 2 heterocycles. The predicted molar refractivity (Wildman–Crippen MR) is 108 cm³/mol. The van der Waals surface area contributed by atoms with Gasteiger partial charge in [0.05, 0.1) is 11.4 Å². The Morgan fingerprint density at radius 1 is 1.14 bits per heavy atom. The number of hydrogen-bond donors (Lipinski definition) is 2. The summed E-state index contributed by atoms with van der Waals surface area (Å²) in [7, 11) is 0. The summed E-state index contributed by atoms with van der Waals surface area (Å²) in [5.41, 5.74) is 11.9. The quantitative estimate of drug-likeness (QED) is 0.578. The van der Waals surface area contributed by atoms with Gasteiger partial charge in [0.2, 0.25) is 5.91 Å². The molecule has 0 bridgehead atoms. The number of carbonyl (C=O) groups excluding carboxylic acids is 1. The number of rotatable bonds is 4. The topological polar surface area (TPSA) is 77.2 Å².